The van der Waals surface area contributed by atoms with E-state index in [9.17, 15) is 9.90 Å². The molecule has 1 unspecified atom stereocenters. The zero-order chi connectivity index (χ0) is 18.4. The molecule has 26 heavy (non-hydrogen) atoms. The molecule has 0 aliphatic carbocycles. The minimum absolute atomic E-state index is 0.113. The van der Waals surface area contributed by atoms with Gasteiger partial charge in [-0.3, -0.25) is 9.89 Å². The highest BCUT2D eigenvalue weighted by Gasteiger charge is 2.24. The normalized spacial score (nSPS) is 16.2. The second-order valence-corrected chi connectivity index (χ2v) is 6.58. The molecule has 1 fully saturated rings. The Morgan fingerprint density at radius 1 is 1.46 bits per heavy atom. The number of aliphatic hydroxyl groups is 1. The van der Waals surface area contributed by atoms with Crippen molar-refractivity contribution in [3.05, 3.63) is 47.3 Å². The summed E-state index contributed by atoms with van der Waals surface area (Å²) in [5.74, 6) is 0.712. The summed E-state index contributed by atoms with van der Waals surface area (Å²) >= 11 is 0. The van der Waals surface area contributed by atoms with Gasteiger partial charge in [0.15, 0.2) is 0 Å². The summed E-state index contributed by atoms with van der Waals surface area (Å²) in [5.41, 5.74) is 2.46. The van der Waals surface area contributed by atoms with E-state index in [0.717, 1.165) is 24.1 Å². The molecule has 1 amide bonds. The van der Waals surface area contributed by atoms with Crippen LogP contribution in [0.3, 0.4) is 0 Å². The van der Waals surface area contributed by atoms with Crippen LogP contribution in [0, 0.1) is 6.92 Å². The van der Waals surface area contributed by atoms with Crippen LogP contribution in [0.15, 0.2) is 30.5 Å². The van der Waals surface area contributed by atoms with E-state index in [2.05, 4.69) is 15.5 Å². The highest BCUT2D eigenvalue weighted by atomic mass is 16.5. The molecule has 2 aromatic rings. The lowest BCUT2D eigenvalue weighted by Gasteiger charge is -2.21. The summed E-state index contributed by atoms with van der Waals surface area (Å²) in [4.78, 5) is 12.4. The Morgan fingerprint density at radius 2 is 2.27 bits per heavy atom. The number of benzene rings is 1. The number of rotatable bonds is 7. The Hall–Kier alpha value is -2.38. The summed E-state index contributed by atoms with van der Waals surface area (Å²) in [7, 11) is 0. The van der Waals surface area contributed by atoms with Gasteiger partial charge < -0.3 is 19.9 Å². The Kier molecular flexibility index (Phi) is 6.25. The third-order valence-electron chi connectivity index (χ3n) is 4.47. The fourth-order valence-corrected chi connectivity index (χ4v) is 3.04. The van der Waals surface area contributed by atoms with Crippen molar-refractivity contribution < 1.29 is 19.4 Å². The number of nitrogens with one attached hydrogen (secondary N) is 2. The quantitative estimate of drug-likeness (QED) is 0.700. The lowest BCUT2D eigenvalue weighted by atomic mass is 9.94. The molecule has 0 bridgehead atoms. The fourth-order valence-electron chi connectivity index (χ4n) is 3.04. The maximum absolute atomic E-state index is 12.4. The van der Waals surface area contributed by atoms with Gasteiger partial charge in [0.1, 0.15) is 18.5 Å². The second kappa shape index (κ2) is 8.82. The summed E-state index contributed by atoms with van der Waals surface area (Å²) in [5, 5.41) is 19.8. The summed E-state index contributed by atoms with van der Waals surface area (Å²) in [6.07, 6.45) is 2.48. The lowest BCUT2D eigenvalue weighted by Crippen LogP contribution is -2.35. The van der Waals surface area contributed by atoms with Crippen LogP contribution in [0.1, 0.15) is 40.4 Å². The minimum Gasteiger partial charge on any atom is -0.491 e. The highest BCUT2D eigenvalue weighted by Crippen LogP contribution is 2.27. The van der Waals surface area contributed by atoms with E-state index in [4.69, 9.17) is 9.47 Å². The van der Waals surface area contributed by atoms with Crippen molar-refractivity contribution in [3.8, 4) is 5.75 Å². The van der Waals surface area contributed by atoms with Crippen molar-refractivity contribution in [3.63, 3.8) is 0 Å². The van der Waals surface area contributed by atoms with Gasteiger partial charge in [0, 0.05) is 25.7 Å². The van der Waals surface area contributed by atoms with Crippen molar-refractivity contribution in [1.29, 1.82) is 0 Å². The van der Waals surface area contributed by atoms with Gasteiger partial charge in [0.25, 0.3) is 5.91 Å². The van der Waals surface area contributed by atoms with Gasteiger partial charge >= 0.3 is 0 Å². The van der Waals surface area contributed by atoms with Gasteiger partial charge in [-0.25, -0.2) is 0 Å². The van der Waals surface area contributed by atoms with E-state index >= 15 is 0 Å². The van der Waals surface area contributed by atoms with Crippen LogP contribution >= 0.6 is 0 Å². The first-order chi connectivity index (χ1) is 12.6. The van der Waals surface area contributed by atoms with Gasteiger partial charge in [-0.05, 0) is 37.5 Å². The first-order valence-corrected chi connectivity index (χ1v) is 8.90. The largest absolute Gasteiger partial charge is 0.491 e. The maximum Gasteiger partial charge on any atom is 0.254 e. The molecule has 3 N–H and O–H groups in total. The molecule has 0 radical (unpaired) electrons. The van der Waals surface area contributed by atoms with E-state index in [1.807, 2.05) is 31.2 Å². The molecule has 1 saturated heterocycles. The Balaban J connectivity index is 1.48. The molecule has 7 heteroatoms. The molecule has 2 heterocycles. The third-order valence-corrected chi connectivity index (χ3v) is 4.47. The zero-order valence-corrected chi connectivity index (χ0v) is 14.9. The van der Waals surface area contributed by atoms with E-state index in [-0.39, 0.29) is 25.0 Å². The number of nitrogens with zero attached hydrogens (tertiary/aromatic N) is 1. The van der Waals surface area contributed by atoms with Crippen molar-refractivity contribution in [2.24, 2.45) is 0 Å². The monoisotopic (exact) mass is 359 g/mol. The van der Waals surface area contributed by atoms with Crippen LogP contribution in [-0.4, -0.2) is 53.7 Å². The van der Waals surface area contributed by atoms with Gasteiger partial charge in [0.05, 0.1) is 17.5 Å². The Morgan fingerprint density at radius 3 is 3.04 bits per heavy atom. The molecule has 1 aromatic carbocycles. The molecule has 1 aliphatic rings. The summed E-state index contributed by atoms with van der Waals surface area (Å²) < 4.78 is 10.9. The molecular weight excluding hydrogens is 334 g/mol. The smallest absolute Gasteiger partial charge is 0.254 e. The van der Waals surface area contributed by atoms with Crippen LogP contribution in [-0.2, 0) is 4.74 Å². The van der Waals surface area contributed by atoms with Gasteiger partial charge in [0.2, 0.25) is 0 Å². The van der Waals surface area contributed by atoms with Crippen LogP contribution in [0.4, 0.5) is 0 Å². The number of aryl methyl sites for hydroxylation is 1. The van der Waals surface area contributed by atoms with Crippen molar-refractivity contribution >= 4 is 5.91 Å². The van der Waals surface area contributed by atoms with Crippen molar-refractivity contribution in [1.82, 2.24) is 15.5 Å². The van der Waals surface area contributed by atoms with Crippen molar-refractivity contribution in [2.45, 2.75) is 31.8 Å². The van der Waals surface area contributed by atoms with Gasteiger partial charge in [-0.1, -0.05) is 12.1 Å². The van der Waals surface area contributed by atoms with Crippen LogP contribution < -0.4 is 10.1 Å². The zero-order valence-electron chi connectivity index (χ0n) is 14.9. The maximum atomic E-state index is 12.4. The standard InChI is InChI=1S/C19H25N3O4/c1-13-3-2-4-16(9-13)26-12-15(23)10-20-19(24)17-11-21-22-18(17)14-5-7-25-8-6-14/h2-4,9,11,14-15,23H,5-8,10,12H2,1H3,(H,20,24)(H,21,22). The van der Waals surface area contributed by atoms with Crippen LogP contribution in [0.25, 0.3) is 0 Å². The molecule has 140 valence electrons. The Bertz CT molecular complexity index is 725. The molecule has 1 atom stereocenters. The molecule has 1 aliphatic heterocycles. The number of amides is 1. The SMILES string of the molecule is Cc1cccc(OCC(O)CNC(=O)c2cn[nH]c2C2CCOCC2)c1. The number of aliphatic hydroxyl groups excluding tert-OH is 1. The summed E-state index contributed by atoms with van der Waals surface area (Å²) in [6, 6.07) is 7.61. The third kappa shape index (κ3) is 4.83. The molecule has 0 spiro atoms. The van der Waals surface area contributed by atoms with Crippen molar-refractivity contribution in [2.75, 3.05) is 26.4 Å². The number of H-pyrrole nitrogens is 1. The number of hydrogen-bond donors (Lipinski definition) is 3. The number of hydrogen-bond acceptors (Lipinski definition) is 5. The number of ether oxygens (including phenoxy) is 2. The number of carbonyl (C=O) groups excluding carboxylic acids is 1. The number of aromatic nitrogens is 2. The molecule has 3 rings (SSSR count). The van der Waals surface area contributed by atoms with Gasteiger partial charge in [-0.2, -0.15) is 5.10 Å². The van der Waals surface area contributed by atoms with E-state index < -0.39 is 6.10 Å². The van der Waals surface area contributed by atoms with Crippen LogP contribution in [0.2, 0.25) is 0 Å². The lowest BCUT2D eigenvalue weighted by molar-refractivity contribution is 0.0811. The van der Waals surface area contributed by atoms with E-state index in [1.54, 1.807) is 0 Å². The average Bonchev–Trinajstić information content (AvgIpc) is 3.15. The average molecular weight is 359 g/mol. The summed E-state index contributed by atoms with van der Waals surface area (Å²) in [6.45, 7) is 3.59. The fraction of sp³-hybridized carbons (Fsp3) is 0.474. The van der Waals surface area contributed by atoms with Crippen LogP contribution in [0.5, 0.6) is 5.75 Å². The van der Waals surface area contributed by atoms with E-state index in [0.29, 0.717) is 24.5 Å². The second-order valence-electron chi connectivity index (χ2n) is 6.58. The predicted octanol–water partition coefficient (Wildman–Crippen LogP) is 1.78. The first kappa shape index (κ1) is 18.4. The van der Waals surface area contributed by atoms with E-state index in [1.165, 1.54) is 6.20 Å². The number of aromatic amines is 1. The van der Waals surface area contributed by atoms with Gasteiger partial charge in [-0.15, -0.1) is 0 Å². The molecule has 1 aromatic heterocycles. The highest BCUT2D eigenvalue weighted by molar-refractivity contribution is 5.95. The predicted molar refractivity (Wildman–Crippen MR) is 96.4 cm³/mol. The minimum atomic E-state index is -0.794. The molecular formula is C19H25N3O4. The first-order valence-electron chi connectivity index (χ1n) is 8.90. The topological polar surface area (TPSA) is 96.5 Å². The Labute approximate surface area is 152 Å². The number of carbonyl (C=O) groups is 1. The molecule has 0 saturated carbocycles. The molecule has 7 nitrogen and oxygen atoms in total.